The summed E-state index contributed by atoms with van der Waals surface area (Å²) in [7, 11) is 0. The van der Waals surface area contributed by atoms with Gasteiger partial charge in [0.1, 0.15) is 0 Å². The zero-order chi connectivity index (χ0) is 14.7. The fourth-order valence-corrected chi connectivity index (χ4v) is 3.12. The van der Waals surface area contributed by atoms with Crippen LogP contribution in [0.2, 0.25) is 0 Å². The predicted octanol–water partition coefficient (Wildman–Crippen LogP) is 3.30. The van der Waals surface area contributed by atoms with Crippen molar-refractivity contribution in [3.05, 3.63) is 63.9 Å². The Kier molecular flexibility index (Phi) is 4.68. The fourth-order valence-electron chi connectivity index (χ4n) is 2.88. The zero-order valence-electron chi connectivity index (χ0n) is 12.2. The Labute approximate surface area is 134 Å². The van der Waals surface area contributed by atoms with Crippen LogP contribution in [0.5, 0.6) is 0 Å². The molecule has 0 saturated carbocycles. The Balaban J connectivity index is 1.79. The summed E-state index contributed by atoms with van der Waals surface area (Å²) in [6.45, 7) is 6.22. The van der Waals surface area contributed by atoms with E-state index in [1.807, 2.05) is 18.5 Å². The van der Waals surface area contributed by atoms with E-state index in [1.165, 1.54) is 21.2 Å². The molecule has 1 aliphatic rings. The van der Waals surface area contributed by atoms with Crippen LogP contribution in [0.15, 0.2) is 47.2 Å². The van der Waals surface area contributed by atoms with Crippen LogP contribution in [-0.2, 0) is 6.54 Å². The van der Waals surface area contributed by atoms with Gasteiger partial charge in [-0.15, -0.1) is 0 Å². The van der Waals surface area contributed by atoms with E-state index in [4.69, 9.17) is 0 Å². The van der Waals surface area contributed by atoms with Crippen LogP contribution >= 0.6 is 15.9 Å². The summed E-state index contributed by atoms with van der Waals surface area (Å²) in [4.78, 5) is 6.80. The smallest absolute Gasteiger partial charge is 0.0491 e. The highest BCUT2D eigenvalue weighted by Crippen LogP contribution is 2.25. The number of hydrogen-bond acceptors (Lipinski definition) is 3. The van der Waals surface area contributed by atoms with Gasteiger partial charge in [0.05, 0.1) is 0 Å². The van der Waals surface area contributed by atoms with Gasteiger partial charge in [0.15, 0.2) is 0 Å². The second-order valence-electron chi connectivity index (χ2n) is 5.56. The first-order chi connectivity index (χ1) is 10.2. The van der Waals surface area contributed by atoms with E-state index in [2.05, 4.69) is 62.3 Å². The lowest BCUT2D eigenvalue weighted by molar-refractivity contribution is 0.153. The summed E-state index contributed by atoms with van der Waals surface area (Å²) in [5, 5.41) is 3.49. The molecule has 0 radical (unpaired) electrons. The molecule has 0 spiro atoms. The van der Waals surface area contributed by atoms with Crippen molar-refractivity contribution in [3.8, 4) is 0 Å². The Hall–Kier alpha value is -1.23. The zero-order valence-corrected chi connectivity index (χ0v) is 13.8. The van der Waals surface area contributed by atoms with Crippen molar-refractivity contribution in [1.29, 1.82) is 0 Å². The van der Waals surface area contributed by atoms with Gasteiger partial charge in [0, 0.05) is 49.1 Å². The molecule has 0 aliphatic carbocycles. The molecule has 1 aromatic carbocycles. The van der Waals surface area contributed by atoms with Gasteiger partial charge < -0.3 is 5.32 Å². The number of rotatable bonds is 3. The van der Waals surface area contributed by atoms with Crippen LogP contribution < -0.4 is 5.32 Å². The molecule has 110 valence electrons. The van der Waals surface area contributed by atoms with E-state index in [1.54, 1.807) is 0 Å². The quantitative estimate of drug-likeness (QED) is 0.924. The molecule has 0 amide bonds. The number of halogens is 1. The van der Waals surface area contributed by atoms with Gasteiger partial charge in [-0.05, 0) is 35.7 Å². The molecule has 1 N–H and O–H groups in total. The number of piperazine rings is 1. The molecule has 0 bridgehead atoms. The van der Waals surface area contributed by atoms with Gasteiger partial charge in [-0.1, -0.05) is 34.1 Å². The Morgan fingerprint density at radius 1 is 1.38 bits per heavy atom. The van der Waals surface area contributed by atoms with Gasteiger partial charge in [-0.3, -0.25) is 9.88 Å². The molecule has 1 aromatic heterocycles. The van der Waals surface area contributed by atoms with Crippen molar-refractivity contribution in [3.63, 3.8) is 0 Å². The number of benzene rings is 1. The van der Waals surface area contributed by atoms with Gasteiger partial charge in [0.25, 0.3) is 0 Å². The second kappa shape index (κ2) is 6.69. The maximum Gasteiger partial charge on any atom is 0.0491 e. The first-order valence-corrected chi connectivity index (χ1v) is 8.13. The summed E-state index contributed by atoms with van der Waals surface area (Å²) < 4.78 is 1.18. The Morgan fingerprint density at radius 2 is 2.29 bits per heavy atom. The minimum atomic E-state index is 0.399. The standard InChI is InChI=1S/C17H20BrN3/c1-13-9-14(4-5-16(13)18)12-21-8-7-20-11-17(21)15-3-2-6-19-10-15/h2-6,9-10,17,20H,7-8,11-12H2,1H3. The highest BCUT2D eigenvalue weighted by atomic mass is 79.9. The van der Waals surface area contributed by atoms with Crippen LogP contribution in [0.25, 0.3) is 0 Å². The average molecular weight is 346 g/mol. The van der Waals surface area contributed by atoms with Gasteiger partial charge in [-0.2, -0.15) is 0 Å². The monoisotopic (exact) mass is 345 g/mol. The molecule has 21 heavy (non-hydrogen) atoms. The molecule has 3 nitrogen and oxygen atoms in total. The summed E-state index contributed by atoms with van der Waals surface area (Å²) in [5.41, 5.74) is 3.95. The van der Waals surface area contributed by atoms with E-state index in [-0.39, 0.29) is 0 Å². The number of aryl methyl sites for hydroxylation is 1. The average Bonchev–Trinajstić information content (AvgIpc) is 2.52. The SMILES string of the molecule is Cc1cc(CN2CCNCC2c2cccnc2)ccc1Br. The van der Waals surface area contributed by atoms with E-state index in [0.717, 1.165) is 26.2 Å². The molecular weight excluding hydrogens is 326 g/mol. The van der Waals surface area contributed by atoms with Crippen molar-refractivity contribution in [2.45, 2.75) is 19.5 Å². The summed E-state index contributed by atoms with van der Waals surface area (Å²) in [6.07, 6.45) is 3.82. The molecule has 1 unspecified atom stereocenters. The van der Waals surface area contributed by atoms with Crippen LogP contribution in [0, 0.1) is 6.92 Å². The molecule has 3 rings (SSSR count). The van der Waals surface area contributed by atoms with Crippen LogP contribution in [0.3, 0.4) is 0 Å². The number of pyridine rings is 1. The van der Waals surface area contributed by atoms with E-state index in [0.29, 0.717) is 6.04 Å². The number of nitrogens with one attached hydrogen (secondary N) is 1. The van der Waals surface area contributed by atoms with Gasteiger partial charge >= 0.3 is 0 Å². The summed E-state index contributed by atoms with van der Waals surface area (Å²) >= 11 is 3.57. The second-order valence-corrected chi connectivity index (χ2v) is 6.41. The van der Waals surface area contributed by atoms with Crippen LogP contribution in [0.1, 0.15) is 22.7 Å². The lowest BCUT2D eigenvalue weighted by Gasteiger charge is -2.36. The number of nitrogens with zero attached hydrogens (tertiary/aromatic N) is 2. The Morgan fingerprint density at radius 3 is 3.05 bits per heavy atom. The van der Waals surface area contributed by atoms with Crippen molar-refractivity contribution in [2.75, 3.05) is 19.6 Å². The maximum atomic E-state index is 4.27. The molecule has 2 heterocycles. The van der Waals surface area contributed by atoms with Gasteiger partial charge in [-0.25, -0.2) is 0 Å². The first-order valence-electron chi connectivity index (χ1n) is 7.34. The molecule has 2 aromatic rings. The van der Waals surface area contributed by atoms with Crippen molar-refractivity contribution >= 4 is 15.9 Å². The van der Waals surface area contributed by atoms with Crippen LogP contribution in [0.4, 0.5) is 0 Å². The molecule has 1 atom stereocenters. The van der Waals surface area contributed by atoms with E-state index < -0.39 is 0 Å². The molecule has 1 aliphatic heterocycles. The Bertz CT molecular complexity index is 600. The lowest BCUT2D eigenvalue weighted by Crippen LogP contribution is -2.45. The van der Waals surface area contributed by atoms with Crippen molar-refractivity contribution in [2.24, 2.45) is 0 Å². The third-order valence-electron chi connectivity index (χ3n) is 4.03. The summed E-state index contributed by atoms with van der Waals surface area (Å²) in [6, 6.07) is 11.2. The largest absolute Gasteiger partial charge is 0.314 e. The van der Waals surface area contributed by atoms with Crippen molar-refractivity contribution < 1.29 is 0 Å². The fraction of sp³-hybridized carbons (Fsp3) is 0.353. The minimum absolute atomic E-state index is 0.399. The van der Waals surface area contributed by atoms with E-state index >= 15 is 0 Å². The maximum absolute atomic E-state index is 4.27. The normalized spacial score (nSPS) is 19.6. The minimum Gasteiger partial charge on any atom is -0.314 e. The molecule has 4 heteroatoms. The van der Waals surface area contributed by atoms with Gasteiger partial charge in [0.2, 0.25) is 0 Å². The lowest BCUT2D eigenvalue weighted by atomic mass is 10.0. The van der Waals surface area contributed by atoms with Crippen LogP contribution in [-0.4, -0.2) is 29.5 Å². The molecule has 1 fully saturated rings. The third kappa shape index (κ3) is 3.51. The third-order valence-corrected chi connectivity index (χ3v) is 4.92. The number of hydrogen-bond donors (Lipinski definition) is 1. The predicted molar refractivity (Wildman–Crippen MR) is 89.1 cm³/mol. The topological polar surface area (TPSA) is 28.2 Å². The highest BCUT2D eigenvalue weighted by Gasteiger charge is 2.23. The highest BCUT2D eigenvalue weighted by molar-refractivity contribution is 9.10. The molecular formula is C17H20BrN3. The summed E-state index contributed by atoms with van der Waals surface area (Å²) in [5.74, 6) is 0. The molecule has 1 saturated heterocycles. The van der Waals surface area contributed by atoms with Crippen molar-refractivity contribution in [1.82, 2.24) is 15.2 Å². The van der Waals surface area contributed by atoms with E-state index in [9.17, 15) is 0 Å². The first kappa shape index (κ1) is 14.7. The number of aromatic nitrogens is 1.